The highest BCUT2D eigenvalue weighted by Crippen LogP contribution is 2.29. The summed E-state index contributed by atoms with van der Waals surface area (Å²) in [5.41, 5.74) is 8.18. The van der Waals surface area contributed by atoms with Crippen LogP contribution >= 0.6 is 0 Å². The number of methoxy groups -OCH3 is 2. The van der Waals surface area contributed by atoms with Gasteiger partial charge in [0, 0.05) is 29.6 Å². The van der Waals surface area contributed by atoms with Crippen LogP contribution in [0.2, 0.25) is 0 Å². The number of aryl methyl sites for hydroxylation is 1. The number of nitrogens with one attached hydrogen (secondary N) is 1. The first-order chi connectivity index (χ1) is 9.12. The minimum absolute atomic E-state index is 0.590. The first kappa shape index (κ1) is 13.0. The second-order valence-corrected chi connectivity index (χ2v) is 4.12. The number of rotatable bonds is 4. The van der Waals surface area contributed by atoms with Crippen molar-refractivity contribution in [2.24, 2.45) is 0 Å². The normalized spacial score (nSPS) is 10.1. The fourth-order valence-electron chi connectivity index (χ4n) is 1.68. The quantitative estimate of drug-likeness (QED) is 0.883. The standard InChI is InChI=1S/C14H17N3O2/c1-9-4-5-13(15)14(16-9)17-10-6-11(18-2)8-12(7-10)19-3/h4-8H,15H2,1-3H3,(H,16,17). The molecule has 0 unspecified atom stereocenters. The van der Waals surface area contributed by atoms with Gasteiger partial charge in [-0.05, 0) is 19.1 Å². The Kier molecular flexibility index (Phi) is 3.75. The van der Waals surface area contributed by atoms with Crippen molar-refractivity contribution in [1.29, 1.82) is 0 Å². The Bertz CT molecular complexity index is 563. The molecule has 0 fully saturated rings. The number of benzene rings is 1. The second-order valence-electron chi connectivity index (χ2n) is 4.12. The molecule has 0 saturated carbocycles. The highest BCUT2D eigenvalue weighted by molar-refractivity contribution is 5.70. The number of pyridine rings is 1. The maximum Gasteiger partial charge on any atom is 0.153 e. The molecule has 1 aromatic carbocycles. The molecule has 0 saturated heterocycles. The van der Waals surface area contributed by atoms with Crippen LogP contribution in [0.4, 0.5) is 17.2 Å². The lowest BCUT2D eigenvalue weighted by Gasteiger charge is -2.12. The molecule has 5 heteroatoms. The van der Waals surface area contributed by atoms with E-state index in [9.17, 15) is 0 Å². The molecule has 0 radical (unpaired) electrons. The highest BCUT2D eigenvalue weighted by atomic mass is 16.5. The van der Waals surface area contributed by atoms with Crippen LogP contribution in [0.1, 0.15) is 5.69 Å². The predicted octanol–water partition coefficient (Wildman–Crippen LogP) is 2.73. The van der Waals surface area contributed by atoms with Crippen LogP contribution < -0.4 is 20.5 Å². The Labute approximate surface area is 112 Å². The van der Waals surface area contributed by atoms with Gasteiger partial charge in [-0.25, -0.2) is 4.98 Å². The summed E-state index contributed by atoms with van der Waals surface area (Å²) < 4.78 is 10.4. The van der Waals surface area contributed by atoms with E-state index in [4.69, 9.17) is 15.2 Å². The van der Waals surface area contributed by atoms with E-state index in [1.807, 2.05) is 31.2 Å². The largest absolute Gasteiger partial charge is 0.497 e. The third-order valence-corrected chi connectivity index (χ3v) is 2.68. The molecule has 5 nitrogen and oxygen atoms in total. The van der Waals surface area contributed by atoms with Crippen LogP contribution in [-0.4, -0.2) is 19.2 Å². The van der Waals surface area contributed by atoms with Crippen molar-refractivity contribution < 1.29 is 9.47 Å². The van der Waals surface area contributed by atoms with E-state index in [0.717, 1.165) is 11.4 Å². The van der Waals surface area contributed by atoms with E-state index in [0.29, 0.717) is 23.0 Å². The molecule has 1 heterocycles. The van der Waals surface area contributed by atoms with E-state index in [-0.39, 0.29) is 0 Å². The summed E-state index contributed by atoms with van der Waals surface area (Å²) in [6.45, 7) is 1.91. The maximum atomic E-state index is 5.89. The molecule has 0 bridgehead atoms. The first-order valence-corrected chi connectivity index (χ1v) is 5.85. The van der Waals surface area contributed by atoms with E-state index >= 15 is 0 Å². The molecule has 0 aliphatic heterocycles. The van der Waals surface area contributed by atoms with Gasteiger partial charge < -0.3 is 20.5 Å². The third-order valence-electron chi connectivity index (χ3n) is 2.68. The zero-order chi connectivity index (χ0) is 13.8. The monoisotopic (exact) mass is 259 g/mol. The van der Waals surface area contributed by atoms with Gasteiger partial charge in [-0.2, -0.15) is 0 Å². The Hall–Kier alpha value is -2.43. The number of ether oxygens (including phenoxy) is 2. The van der Waals surface area contributed by atoms with Gasteiger partial charge in [0.1, 0.15) is 11.5 Å². The van der Waals surface area contributed by atoms with Crippen molar-refractivity contribution in [2.45, 2.75) is 6.92 Å². The summed E-state index contributed by atoms with van der Waals surface area (Å²) >= 11 is 0. The molecule has 100 valence electrons. The fourth-order valence-corrected chi connectivity index (χ4v) is 1.68. The number of aromatic nitrogens is 1. The molecule has 0 aliphatic carbocycles. The zero-order valence-corrected chi connectivity index (χ0v) is 11.2. The summed E-state index contributed by atoms with van der Waals surface area (Å²) in [5, 5.41) is 3.17. The summed E-state index contributed by atoms with van der Waals surface area (Å²) in [5.74, 6) is 2.02. The lowest BCUT2D eigenvalue weighted by molar-refractivity contribution is 0.395. The number of hydrogen-bond donors (Lipinski definition) is 2. The van der Waals surface area contributed by atoms with E-state index < -0.39 is 0 Å². The number of nitrogens with two attached hydrogens (primary N) is 1. The van der Waals surface area contributed by atoms with Gasteiger partial charge in [-0.15, -0.1) is 0 Å². The number of nitrogen functional groups attached to an aromatic ring is 1. The molecule has 0 amide bonds. The van der Waals surface area contributed by atoms with Gasteiger partial charge in [0.05, 0.1) is 19.9 Å². The SMILES string of the molecule is COc1cc(Nc2nc(C)ccc2N)cc(OC)c1. The number of nitrogens with zero attached hydrogens (tertiary/aromatic N) is 1. The van der Waals surface area contributed by atoms with E-state index in [2.05, 4.69) is 10.3 Å². The van der Waals surface area contributed by atoms with Gasteiger partial charge in [-0.3, -0.25) is 0 Å². The highest BCUT2D eigenvalue weighted by Gasteiger charge is 2.05. The number of hydrogen-bond acceptors (Lipinski definition) is 5. The summed E-state index contributed by atoms with van der Waals surface area (Å²) in [7, 11) is 3.22. The minimum Gasteiger partial charge on any atom is -0.497 e. The molecule has 0 atom stereocenters. The number of anilines is 3. The van der Waals surface area contributed by atoms with Crippen LogP contribution in [0.25, 0.3) is 0 Å². The van der Waals surface area contributed by atoms with E-state index in [1.54, 1.807) is 20.3 Å². The van der Waals surface area contributed by atoms with Crippen molar-refractivity contribution in [3.8, 4) is 11.5 Å². The Morgan fingerprint density at radius 1 is 1.05 bits per heavy atom. The zero-order valence-electron chi connectivity index (χ0n) is 11.2. The molecular formula is C14H17N3O2. The van der Waals surface area contributed by atoms with Gasteiger partial charge in [-0.1, -0.05) is 0 Å². The van der Waals surface area contributed by atoms with Crippen LogP contribution in [-0.2, 0) is 0 Å². The van der Waals surface area contributed by atoms with Crippen LogP contribution in [0.5, 0.6) is 11.5 Å². The molecule has 3 N–H and O–H groups in total. The molecule has 2 aromatic rings. The topological polar surface area (TPSA) is 69.4 Å². The summed E-state index contributed by atoms with van der Waals surface area (Å²) in [4.78, 5) is 4.36. The van der Waals surface area contributed by atoms with Gasteiger partial charge in [0.25, 0.3) is 0 Å². The van der Waals surface area contributed by atoms with Crippen molar-refractivity contribution in [3.05, 3.63) is 36.0 Å². The van der Waals surface area contributed by atoms with E-state index in [1.165, 1.54) is 0 Å². The Morgan fingerprint density at radius 2 is 1.68 bits per heavy atom. The molecular weight excluding hydrogens is 242 g/mol. The van der Waals surface area contributed by atoms with Gasteiger partial charge >= 0.3 is 0 Å². The average molecular weight is 259 g/mol. The van der Waals surface area contributed by atoms with Crippen molar-refractivity contribution in [1.82, 2.24) is 4.98 Å². The third kappa shape index (κ3) is 3.07. The maximum absolute atomic E-state index is 5.89. The van der Waals surface area contributed by atoms with Crippen LogP contribution in [0.15, 0.2) is 30.3 Å². The summed E-state index contributed by atoms with van der Waals surface area (Å²) in [6.07, 6.45) is 0. The molecule has 0 spiro atoms. The lowest BCUT2D eigenvalue weighted by Crippen LogP contribution is -2.00. The van der Waals surface area contributed by atoms with Gasteiger partial charge in [0.2, 0.25) is 0 Å². The molecule has 19 heavy (non-hydrogen) atoms. The van der Waals surface area contributed by atoms with Crippen molar-refractivity contribution in [2.75, 3.05) is 25.3 Å². The fraction of sp³-hybridized carbons (Fsp3) is 0.214. The molecule has 2 rings (SSSR count). The lowest BCUT2D eigenvalue weighted by atomic mass is 10.2. The van der Waals surface area contributed by atoms with Crippen molar-refractivity contribution in [3.63, 3.8) is 0 Å². The minimum atomic E-state index is 0.590. The second kappa shape index (κ2) is 5.48. The Balaban J connectivity index is 2.34. The summed E-state index contributed by atoms with van der Waals surface area (Å²) in [6, 6.07) is 9.20. The molecule has 0 aliphatic rings. The predicted molar refractivity (Wildman–Crippen MR) is 76.2 cm³/mol. The average Bonchev–Trinajstić information content (AvgIpc) is 2.42. The van der Waals surface area contributed by atoms with Crippen molar-refractivity contribution >= 4 is 17.2 Å². The van der Waals surface area contributed by atoms with Crippen LogP contribution in [0.3, 0.4) is 0 Å². The van der Waals surface area contributed by atoms with Crippen LogP contribution in [0, 0.1) is 6.92 Å². The molecule has 1 aromatic heterocycles. The Morgan fingerprint density at radius 3 is 2.26 bits per heavy atom. The smallest absolute Gasteiger partial charge is 0.153 e. The van der Waals surface area contributed by atoms with Gasteiger partial charge in [0.15, 0.2) is 5.82 Å². The first-order valence-electron chi connectivity index (χ1n) is 5.85.